The van der Waals surface area contributed by atoms with Gasteiger partial charge in [-0.1, -0.05) is 48.5 Å². The van der Waals surface area contributed by atoms with E-state index in [0.29, 0.717) is 6.61 Å². The number of hydrogen-bond acceptors (Lipinski definition) is 4. The van der Waals surface area contributed by atoms with Gasteiger partial charge in [0.25, 0.3) is 0 Å². The highest BCUT2D eigenvalue weighted by Gasteiger charge is 2.19. The minimum atomic E-state index is 0. The molecule has 1 aliphatic rings. The summed E-state index contributed by atoms with van der Waals surface area (Å²) in [7, 11) is 1.74. The van der Waals surface area contributed by atoms with Gasteiger partial charge in [0, 0.05) is 38.1 Å². The molecule has 0 aromatic heterocycles. The fourth-order valence-electron chi connectivity index (χ4n) is 3.71. The number of methoxy groups -OCH3 is 1. The van der Waals surface area contributed by atoms with Gasteiger partial charge in [-0.05, 0) is 23.6 Å². The zero-order chi connectivity index (χ0) is 18.5. The first-order chi connectivity index (χ1) is 13.3. The highest BCUT2D eigenvalue weighted by molar-refractivity contribution is 5.88. The number of rotatable bonds is 6. The van der Waals surface area contributed by atoms with E-state index in [0.717, 1.165) is 44.2 Å². The van der Waals surface area contributed by atoms with Gasteiger partial charge in [0.1, 0.15) is 18.1 Å². The van der Waals surface area contributed by atoms with Gasteiger partial charge in [0.05, 0.1) is 12.8 Å². The molecule has 4 nitrogen and oxygen atoms in total. The monoisotopic (exact) mass is 398 g/mol. The van der Waals surface area contributed by atoms with Crippen LogP contribution in [0.15, 0.2) is 66.7 Å². The van der Waals surface area contributed by atoms with Crippen molar-refractivity contribution >= 4 is 28.9 Å². The van der Waals surface area contributed by atoms with Crippen LogP contribution in [0.1, 0.15) is 0 Å². The van der Waals surface area contributed by atoms with Crippen LogP contribution in [0.3, 0.4) is 0 Å². The smallest absolute Gasteiger partial charge is 0.142 e. The van der Waals surface area contributed by atoms with E-state index in [4.69, 9.17) is 9.47 Å². The van der Waals surface area contributed by atoms with Crippen molar-refractivity contribution in [3.63, 3.8) is 0 Å². The molecule has 0 bridgehead atoms. The van der Waals surface area contributed by atoms with E-state index in [1.807, 2.05) is 12.1 Å². The summed E-state index contributed by atoms with van der Waals surface area (Å²) in [4.78, 5) is 4.87. The lowest BCUT2D eigenvalue weighted by atomic mass is 10.1. The first kappa shape index (κ1) is 20.3. The third-order valence-electron chi connectivity index (χ3n) is 5.21. The van der Waals surface area contributed by atoms with E-state index in [-0.39, 0.29) is 12.4 Å². The Morgan fingerprint density at radius 3 is 2.29 bits per heavy atom. The summed E-state index contributed by atoms with van der Waals surface area (Å²) in [5, 5.41) is 2.40. The quantitative estimate of drug-likeness (QED) is 0.611. The summed E-state index contributed by atoms with van der Waals surface area (Å²) in [5.74, 6) is 1.92. The fraction of sp³-hybridized carbons (Fsp3) is 0.304. The maximum atomic E-state index is 6.09. The maximum Gasteiger partial charge on any atom is 0.142 e. The highest BCUT2D eigenvalue weighted by Crippen LogP contribution is 2.28. The Labute approximate surface area is 173 Å². The minimum Gasteiger partial charge on any atom is -0.495 e. The Bertz CT molecular complexity index is 889. The zero-order valence-electron chi connectivity index (χ0n) is 16.2. The number of halogens is 1. The summed E-state index contributed by atoms with van der Waals surface area (Å²) in [6.45, 7) is 5.75. The largest absolute Gasteiger partial charge is 0.495 e. The third-order valence-corrected chi connectivity index (χ3v) is 5.21. The molecule has 0 aliphatic carbocycles. The van der Waals surface area contributed by atoms with Crippen molar-refractivity contribution in [2.45, 2.75) is 0 Å². The van der Waals surface area contributed by atoms with Crippen molar-refractivity contribution in [2.24, 2.45) is 0 Å². The van der Waals surface area contributed by atoms with Crippen molar-refractivity contribution in [2.75, 3.05) is 51.3 Å². The summed E-state index contributed by atoms with van der Waals surface area (Å²) in [6, 6.07) is 22.9. The molecular weight excluding hydrogens is 372 g/mol. The van der Waals surface area contributed by atoms with Crippen LogP contribution in [0.2, 0.25) is 0 Å². The lowest BCUT2D eigenvalue weighted by Gasteiger charge is -2.36. The molecule has 1 heterocycles. The predicted octanol–water partition coefficient (Wildman–Crippen LogP) is 4.47. The molecule has 0 amide bonds. The number of anilines is 1. The Morgan fingerprint density at radius 1 is 0.786 bits per heavy atom. The normalized spacial score (nSPS) is 14.5. The molecule has 0 spiro atoms. The average molecular weight is 399 g/mol. The Morgan fingerprint density at radius 2 is 1.46 bits per heavy atom. The zero-order valence-corrected chi connectivity index (χ0v) is 17.0. The summed E-state index contributed by atoms with van der Waals surface area (Å²) < 4.78 is 11.6. The molecule has 0 radical (unpaired) electrons. The van der Waals surface area contributed by atoms with Crippen LogP contribution in [0, 0.1) is 0 Å². The SMILES string of the molecule is COc1ccccc1N1CCN(CCOc2cccc3ccccc23)CC1.Cl. The van der Waals surface area contributed by atoms with Crippen molar-refractivity contribution in [1.29, 1.82) is 0 Å². The topological polar surface area (TPSA) is 24.9 Å². The molecule has 1 aliphatic heterocycles. The van der Waals surface area contributed by atoms with Gasteiger partial charge in [-0.25, -0.2) is 0 Å². The van der Waals surface area contributed by atoms with Gasteiger partial charge in [-0.15, -0.1) is 12.4 Å². The number of hydrogen-bond donors (Lipinski definition) is 0. The molecule has 4 rings (SSSR count). The van der Waals surface area contributed by atoms with E-state index >= 15 is 0 Å². The van der Waals surface area contributed by atoms with Gasteiger partial charge >= 0.3 is 0 Å². The molecule has 0 saturated carbocycles. The molecule has 0 atom stereocenters. The van der Waals surface area contributed by atoms with Crippen molar-refractivity contribution < 1.29 is 9.47 Å². The summed E-state index contributed by atoms with van der Waals surface area (Å²) in [6.07, 6.45) is 0. The third kappa shape index (κ3) is 4.51. The second kappa shape index (κ2) is 9.67. The second-order valence-electron chi connectivity index (χ2n) is 6.83. The summed E-state index contributed by atoms with van der Waals surface area (Å²) >= 11 is 0. The Kier molecular flexibility index (Phi) is 7.01. The van der Waals surface area contributed by atoms with Crippen LogP contribution >= 0.6 is 12.4 Å². The van der Waals surface area contributed by atoms with Crippen LogP contribution in [-0.2, 0) is 0 Å². The lowest BCUT2D eigenvalue weighted by Crippen LogP contribution is -2.47. The van der Waals surface area contributed by atoms with Gasteiger partial charge in [-0.2, -0.15) is 0 Å². The summed E-state index contributed by atoms with van der Waals surface area (Å²) in [5.41, 5.74) is 1.19. The number of nitrogens with zero attached hydrogens (tertiary/aromatic N) is 2. The first-order valence-electron chi connectivity index (χ1n) is 9.56. The number of benzene rings is 3. The molecule has 3 aromatic carbocycles. The van der Waals surface area contributed by atoms with Crippen molar-refractivity contribution in [1.82, 2.24) is 4.90 Å². The Hall–Kier alpha value is -2.43. The van der Waals surface area contributed by atoms with E-state index in [2.05, 4.69) is 64.4 Å². The Balaban J connectivity index is 0.00000225. The maximum absolute atomic E-state index is 6.09. The molecular formula is C23H27ClN2O2. The standard InChI is InChI=1S/C23H26N2O2.ClH/c1-26-23-11-5-4-10-21(23)25-15-13-24(14-16-25)17-18-27-22-12-6-8-19-7-2-3-9-20(19)22;/h2-12H,13-18H2,1H3;1H. The van der Waals surface area contributed by atoms with Crippen molar-refractivity contribution in [3.05, 3.63) is 66.7 Å². The second-order valence-corrected chi connectivity index (χ2v) is 6.83. The number of ether oxygens (including phenoxy) is 2. The molecule has 0 N–H and O–H groups in total. The van der Waals surface area contributed by atoms with Gasteiger partial charge in [0.2, 0.25) is 0 Å². The van der Waals surface area contributed by atoms with Crippen LogP contribution in [0.4, 0.5) is 5.69 Å². The average Bonchev–Trinajstić information content (AvgIpc) is 2.74. The predicted molar refractivity (Wildman–Crippen MR) is 118 cm³/mol. The van der Waals surface area contributed by atoms with E-state index in [1.54, 1.807) is 7.11 Å². The molecule has 1 saturated heterocycles. The van der Waals surface area contributed by atoms with E-state index in [9.17, 15) is 0 Å². The van der Waals surface area contributed by atoms with Crippen molar-refractivity contribution in [3.8, 4) is 11.5 Å². The number of fused-ring (bicyclic) bond motifs is 1. The van der Waals surface area contributed by atoms with Gasteiger partial charge in [0.15, 0.2) is 0 Å². The fourth-order valence-corrected chi connectivity index (χ4v) is 3.71. The molecule has 0 unspecified atom stereocenters. The lowest BCUT2D eigenvalue weighted by molar-refractivity contribution is 0.201. The van der Waals surface area contributed by atoms with Crippen LogP contribution in [0.25, 0.3) is 10.8 Å². The van der Waals surface area contributed by atoms with Gasteiger partial charge in [-0.3, -0.25) is 4.90 Å². The minimum absolute atomic E-state index is 0. The van der Waals surface area contributed by atoms with E-state index in [1.165, 1.54) is 16.5 Å². The van der Waals surface area contributed by atoms with Crippen LogP contribution < -0.4 is 14.4 Å². The molecule has 28 heavy (non-hydrogen) atoms. The molecule has 1 fully saturated rings. The van der Waals surface area contributed by atoms with Gasteiger partial charge < -0.3 is 14.4 Å². The molecule has 3 aromatic rings. The number of para-hydroxylation sites is 2. The molecule has 5 heteroatoms. The van der Waals surface area contributed by atoms with Crippen LogP contribution in [-0.4, -0.2) is 51.3 Å². The molecule has 148 valence electrons. The first-order valence-corrected chi connectivity index (χ1v) is 9.56. The number of piperazine rings is 1. The van der Waals surface area contributed by atoms with E-state index < -0.39 is 0 Å². The van der Waals surface area contributed by atoms with Crippen LogP contribution in [0.5, 0.6) is 11.5 Å². The highest BCUT2D eigenvalue weighted by atomic mass is 35.5.